The summed E-state index contributed by atoms with van der Waals surface area (Å²) < 4.78 is 0. The van der Waals surface area contributed by atoms with E-state index in [0.717, 1.165) is 19.4 Å². The second kappa shape index (κ2) is 4.56. The smallest absolute Gasteiger partial charge is 0.159 e. The van der Waals surface area contributed by atoms with Gasteiger partial charge in [-0.2, -0.15) is 0 Å². The molecule has 0 aromatic rings. The highest BCUT2D eigenvalue weighted by Gasteiger charge is 2.45. The maximum atomic E-state index is 11.7. The highest BCUT2D eigenvalue weighted by atomic mass is 35.5. The van der Waals surface area contributed by atoms with Crippen LogP contribution in [0.4, 0.5) is 0 Å². The number of carbonyl (C=O) groups is 1. The van der Waals surface area contributed by atoms with Crippen LogP contribution in [0.25, 0.3) is 0 Å². The molecule has 3 rings (SSSR count). The van der Waals surface area contributed by atoms with Crippen molar-refractivity contribution in [2.75, 3.05) is 6.54 Å². The molecule has 1 aliphatic carbocycles. The number of hydrogen-bond donors (Lipinski definition) is 0. The van der Waals surface area contributed by atoms with E-state index in [9.17, 15) is 4.79 Å². The summed E-state index contributed by atoms with van der Waals surface area (Å²) in [4.78, 5) is 14.2. The summed E-state index contributed by atoms with van der Waals surface area (Å²) in [6.07, 6.45) is 6.07. The second-order valence-corrected chi connectivity index (χ2v) is 6.89. The standard InChI is InChI=1S/C15H22ClNO/c1-9-10(2)15-8-12(18)5-6-17(15)14-4-3-11(16)7-13(9)14/h8-11,13-14H,3-7H2,1-2H3. The maximum Gasteiger partial charge on any atom is 0.159 e. The minimum absolute atomic E-state index is 0.310. The van der Waals surface area contributed by atoms with Crippen molar-refractivity contribution in [3.05, 3.63) is 11.8 Å². The van der Waals surface area contributed by atoms with Crippen LogP contribution in [-0.4, -0.2) is 28.6 Å². The first-order valence-corrected chi connectivity index (χ1v) is 7.66. The zero-order valence-electron chi connectivity index (χ0n) is 11.2. The molecular weight excluding hydrogens is 246 g/mol. The van der Waals surface area contributed by atoms with Gasteiger partial charge in [0.15, 0.2) is 5.78 Å². The lowest BCUT2D eigenvalue weighted by molar-refractivity contribution is -0.116. The number of piperidine rings is 1. The van der Waals surface area contributed by atoms with E-state index in [0.29, 0.717) is 41.4 Å². The molecule has 0 aromatic carbocycles. The number of ketones is 1. The Morgan fingerprint density at radius 1 is 1.33 bits per heavy atom. The highest BCUT2D eigenvalue weighted by Crippen LogP contribution is 2.47. The van der Waals surface area contributed by atoms with Gasteiger partial charge >= 0.3 is 0 Å². The van der Waals surface area contributed by atoms with Gasteiger partial charge in [0.2, 0.25) is 0 Å². The van der Waals surface area contributed by atoms with Crippen LogP contribution in [0, 0.1) is 17.8 Å². The second-order valence-electron chi connectivity index (χ2n) is 6.27. The fraction of sp³-hybridized carbons (Fsp3) is 0.800. The van der Waals surface area contributed by atoms with Crippen LogP contribution in [0.3, 0.4) is 0 Å². The van der Waals surface area contributed by atoms with Gasteiger partial charge in [-0.05, 0) is 37.0 Å². The molecular formula is C15H22ClNO. The Morgan fingerprint density at radius 3 is 2.89 bits per heavy atom. The van der Waals surface area contributed by atoms with Crippen molar-refractivity contribution in [2.45, 2.75) is 50.9 Å². The van der Waals surface area contributed by atoms with E-state index in [4.69, 9.17) is 11.6 Å². The zero-order valence-corrected chi connectivity index (χ0v) is 12.0. The summed E-state index contributed by atoms with van der Waals surface area (Å²) >= 11 is 6.36. The van der Waals surface area contributed by atoms with Crippen LogP contribution in [-0.2, 0) is 4.79 Å². The van der Waals surface area contributed by atoms with Gasteiger partial charge in [-0.25, -0.2) is 0 Å². The molecule has 1 saturated heterocycles. The normalized spacial score (nSPS) is 44.2. The van der Waals surface area contributed by atoms with Crippen molar-refractivity contribution in [2.24, 2.45) is 17.8 Å². The summed E-state index contributed by atoms with van der Waals surface area (Å²) in [7, 11) is 0. The van der Waals surface area contributed by atoms with E-state index >= 15 is 0 Å². The Morgan fingerprint density at radius 2 is 2.11 bits per heavy atom. The molecule has 5 unspecified atom stereocenters. The number of halogens is 1. The number of fused-ring (bicyclic) bond motifs is 3. The minimum atomic E-state index is 0.310. The summed E-state index contributed by atoms with van der Waals surface area (Å²) in [5.74, 6) is 2.16. The maximum absolute atomic E-state index is 11.7. The fourth-order valence-electron chi connectivity index (χ4n) is 4.16. The predicted octanol–water partition coefficient (Wildman–Crippen LogP) is 3.21. The van der Waals surface area contributed by atoms with Gasteiger partial charge in [0.05, 0.1) is 0 Å². The van der Waals surface area contributed by atoms with E-state index in [1.807, 2.05) is 6.08 Å². The Labute approximate surface area is 114 Å². The SMILES string of the molecule is CC1C2=CC(=O)CCN2C2CCC(Cl)CC2C1C. The first-order valence-electron chi connectivity index (χ1n) is 7.23. The van der Waals surface area contributed by atoms with Crippen LogP contribution in [0.1, 0.15) is 39.5 Å². The third-order valence-corrected chi connectivity index (χ3v) is 5.76. The van der Waals surface area contributed by atoms with Gasteiger partial charge in [0.25, 0.3) is 0 Å². The molecule has 18 heavy (non-hydrogen) atoms. The van der Waals surface area contributed by atoms with Crippen molar-refractivity contribution >= 4 is 17.4 Å². The molecule has 0 bridgehead atoms. The summed E-state index contributed by atoms with van der Waals surface area (Å²) in [6.45, 7) is 5.54. The lowest BCUT2D eigenvalue weighted by Gasteiger charge is -2.54. The van der Waals surface area contributed by atoms with Crippen molar-refractivity contribution in [1.29, 1.82) is 0 Å². The lowest BCUT2D eigenvalue weighted by atomic mass is 9.67. The number of nitrogens with zero attached hydrogens (tertiary/aromatic N) is 1. The minimum Gasteiger partial charge on any atom is -0.371 e. The first-order chi connectivity index (χ1) is 8.58. The van der Waals surface area contributed by atoms with Crippen molar-refractivity contribution < 1.29 is 4.79 Å². The molecule has 1 saturated carbocycles. The van der Waals surface area contributed by atoms with Gasteiger partial charge in [-0.1, -0.05) is 13.8 Å². The monoisotopic (exact) mass is 267 g/mol. The average molecular weight is 268 g/mol. The molecule has 2 aliphatic heterocycles. The van der Waals surface area contributed by atoms with Crippen LogP contribution >= 0.6 is 11.6 Å². The first kappa shape index (κ1) is 12.5. The van der Waals surface area contributed by atoms with Gasteiger partial charge in [-0.3, -0.25) is 4.79 Å². The molecule has 100 valence electrons. The van der Waals surface area contributed by atoms with Crippen LogP contribution < -0.4 is 0 Å². The number of hydrogen-bond acceptors (Lipinski definition) is 2. The summed E-state index contributed by atoms with van der Waals surface area (Å²) in [5.41, 5.74) is 1.30. The summed E-state index contributed by atoms with van der Waals surface area (Å²) in [5, 5.41) is 0.359. The molecule has 2 fully saturated rings. The van der Waals surface area contributed by atoms with Crippen LogP contribution in [0.15, 0.2) is 11.8 Å². The molecule has 0 amide bonds. The Balaban J connectivity index is 1.93. The molecule has 0 spiro atoms. The molecule has 2 heterocycles. The van der Waals surface area contributed by atoms with Gasteiger partial charge in [0, 0.05) is 36.2 Å². The molecule has 0 N–H and O–H groups in total. The molecule has 0 radical (unpaired) electrons. The summed E-state index contributed by atoms with van der Waals surface area (Å²) in [6, 6.07) is 0.630. The Hall–Kier alpha value is -0.500. The van der Waals surface area contributed by atoms with Gasteiger partial charge in [0.1, 0.15) is 0 Å². The highest BCUT2D eigenvalue weighted by molar-refractivity contribution is 6.20. The third-order valence-electron chi connectivity index (χ3n) is 5.37. The number of allylic oxidation sites excluding steroid dienone is 2. The van der Waals surface area contributed by atoms with Gasteiger partial charge < -0.3 is 4.90 Å². The molecule has 2 nitrogen and oxygen atoms in total. The van der Waals surface area contributed by atoms with E-state index < -0.39 is 0 Å². The Bertz CT molecular complexity index is 392. The average Bonchev–Trinajstić information content (AvgIpc) is 2.36. The van der Waals surface area contributed by atoms with E-state index in [-0.39, 0.29) is 0 Å². The molecule has 0 aromatic heterocycles. The zero-order chi connectivity index (χ0) is 12.9. The molecule has 3 aliphatic rings. The van der Waals surface area contributed by atoms with Crippen LogP contribution in [0.2, 0.25) is 0 Å². The molecule has 5 atom stereocenters. The van der Waals surface area contributed by atoms with Gasteiger partial charge in [-0.15, -0.1) is 11.6 Å². The van der Waals surface area contributed by atoms with Crippen LogP contribution in [0.5, 0.6) is 0 Å². The fourth-order valence-corrected chi connectivity index (χ4v) is 4.49. The third kappa shape index (κ3) is 1.89. The van der Waals surface area contributed by atoms with E-state index in [2.05, 4.69) is 18.7 Å². The Kier molecular flexibility index (Phi) is 3.17. The van der Waals surface area contributed by atoms with Crippen molar-refractivity contribution in [3.8, 4) is 0 Å². The largest absolute Gasteiger partial charge is 0.371 e. The number of alkyl halides is 1. The predicted molar refractivity (Wildman–Crippen MR) is 73.5 cm³/mol. The van der Waals surface area contributed by atoms with Crippen molar-refractivity contribution in [1.82, 2.24) is 4.90 Å². The lowest BCUT2D eigenvalue weighted by Crippen LogP contribution is -2.54. The van der Waals surface area contributed by atoms with Crippen molar-refractivity contribution in [3.63, 3.8) is 0 Å². The van der Waals surface area contributed by atoms with E-state index in [1.54, 1.807) is 0 Å². The molecule has 3 heteroatoms. The number of rotatable bonds is 0. The number of carbonyl (C=O) groups excluding carboxylic acids is 1. The topological polar surface area (TPSA) is 20.3 Å². The quantitative estimate of drug-likeness (QED) is 0.628. The van der Waals surface area contributed by atoms with E-state index in [1.165, 1.54) is 12.1 Å².